The van der Waals surface area contributed by atoms with E-state index >= 15 is 0 Å². The van der Waals surface area contributed by atoms with Gasteiger partial charge < -0.3 is 11.1 Å². The largest absolute Gasteiger partial charge is 0.398 e. The van der Waals surface area contributed by atoms with Gasteiger partial charge in [0.25, 0.3) is 5.91 Å². The lowest BCUT2D eigenvalue weighted by Crippen LogP contribution is -2.28. The predicted molar refractivity (Wildman–Crippen MR) is 72.3 cm³/mol. The van der Waals surface area contributed by atoms with Crippen LogP contribution in [0.25, 0.3) is 0 Å². The summed E-state index contributed by atoms with van der Waals surface area (Å²) in [6, 6.07) is 4.93. The number of nitrogen functional groups attached to an aromatic ring is 1. The molecule has 0 aromatic heterocycles. The van der Waals surface area contributed by atoms with Crippen LogP contribution in [-0.4, -0.2) is 12.5 Å². The van der Waals surface area contributed by atoms with Crippen molar-refractivity contribution in [3.05, 3.63) is 28.8 Å². The van der Waals surface area contributed by atoms with Crippen molar-refractivity contribution in [3.8, 4) is 0 Å². The van der Waals surface area contributed by atoms with Crippen molar-refractivity contribution in [2.24, 2.45) is 5.92 Å². The standard InChI is InChI=1S/C13H19ClN2O/c1-3-9(4-2)8-16-13(17)10-5-6-11(14)12(15)7-10/h5-7,9H,3-4,8,15H2,1-2H3,(H,16,17). The lowest BCUT2D eigenvalue weighted by atomic mass is 10.0. The van der Waals surface area contributed by atoms with E-state index in [-0.39, 0.29) is 5.91 Å². The summed E-state index contributed by atoms with van der Waals surface area (Å²) < 4.78 is 0. The van der Waals surface area contributed by atoms with Crippen LogP contribution in [-0.2, 0) is 0 Å². The summed E-state index contributed by atoms with van der Waals surface area (Å²) in [5, 5.41) is 3.38. The average Bonchev–Trinajstić information content (AvgIpc) is 2.33. The molecule has 0 atom stereocenters. The molecule has 3 nitrogen and oxygen atoms in total. The van der Waals surface area contributed by atoms with Crippen molar-refractivity contribution in [2.75, 3.05) is 12.3 Å². The fourth-order valence-electron chi connectivity index (χ4n) is 1.60. The van der Waals surface area contributed by atoms with Crippen molar-refractivity contribution >= 4 is 23.2 Å². The molecule has 0 fully saturated rings. The first-order valence-corrected chi connectivity index (χ1v) is 6.29. The highest BCUT2D eigenvalue weighted by atomic mass is 35.5. The number of halogens is 1. The van der Waals surface area contributed by atoms with Gasteiger partial charge in [0.15, 0.2) is 0 Å². The number of hydrogen-bond acceptors (Lipinski definition) is 2. The summed E-state index contributed by atoms with van der Waals surface area (Å²) in [6.07, 6.45) is 2.14. The minimum Gasteiger partial charge on any atom is -0.398 e. The number of carbonyl (C=O) groups excluding carboxylic acids is 1. The Hall–Kier alpha value is -1.22. The zero-order chi connectivity index (χ0) is 12.8. The Morgan fingerprint density at radius 3 is 2.59 bits per heavy atom. The second kappa shape index (κ2) is 6.50. The minimum atomic E-state index is -0.0970. The Morgan fingerprint density at radius 1 is 1.41 bits per heavy atom. The zero-order valence-corrected chi connectivity index (χ0v) is 11.1. The first-order chi connectivity index (χ1) is 8.08. The molecule has 94 valence electrons. The third kappa shape index (κ3) is 3.93. The van der Waals surface area contributed by atoms with Crippen LogP contribution >= 0.6 is 11.6 Å². The third-order valence-electron chi connectivity index (χ3n) is 2.96. The van der Waals surface area contributed by atoms with Gasteiger partial charge >= 0.3 is 0 Å². The summed E-state index contributed by atoms with van der Waals surface area (Å²) in [4.78, 5) is 11.8. The summed E-state index contributed by atoms with van der Waals surface area (Å²) >= 11 is 5.80. The highest BCUT2D eigenvalue weighted by molar-refractivity contribution is 6.33. The molecule has 0 unspecified atom stereocenters. The molecule has 1 amide bonds. The van der Waals surface area contributed by atoms with Gasteiger partial charge in [-0.15, -0.1) is 0 Å². The molecule has 0 aliphatic rings. The van der Waals surface area contributed by atoms with E-state index < -0.39 is 0 Å². The van der Waals surface area contributed by atoms with E-state index in [0.717, 1.165) is 12.8 Å². The monoisotopic (exact) mass is 254 g/mol. The van der Waals surface area contributed by atoms with Crippen molar-refractivity contribution in [1.29, 1.82) is 0 Å². The molecule has 0 radical (unpaired) electrons. The number of anilines is 1. The predicted octanol–water partition coefficient (Wildman–Crippen LogP) is 3.09. The minimum absolute atomic E-state index is 0.0970. The Kier molecular flexibility index (Phi) is 5.29. The van der Waals surface area contributed by atoms with Crippen LogP contribution in [0.15, 0.2) is 18.2 Å². The number of nitrogens with two attached hydrogens (primary N) is 1. The summed E-state index contributed by atoms with van der Waals surface area (Å²) in [7, 11) is 0. The van der Waals surface area contributed by atoms with E-state index in [0.29, 0.717) is 28.7 Å². The molecule has 0 heterocycles. The van der Waals surface area contributed by atoms with Gasteiger partial charge in [0, 0.05) is 12.1 Å². The Balaban J connectivity index is 2.61. The molecular formula is C13H19ClN2O. The van der Waals surface area contributed by atoms with Gasteiger partial charge in [0.2, 0.25) is 0 Å². The van der Waals surface area contributed by atoms with Gasteiger partial charge in [-0.3, -0.25) is 4.79 Å². The molecule has 3 N–H and O–H groups in total. The molecule has 0 bridgehead atoms. The lowest BCUT2D eigenvalue weighted by molar-refractivity contribution is 0.0946. The van der Waals surface area contributed by atoms with E-state index in [2.05, 4.69) is 19.2 Å². The van der Waals surface area contributed by atoms with Gasteiger partial charge in [-0.1, -0.05) is 38.3 Å². The molecule has 4 heteroatoms. The van der Waals surface area contributed by atoms with Crippen LogP contribution in [0.3, 0.4) is 0 Å². The van der Waals surface area contributed by atoms with Gasteiger partial charge in [-0.2, -0.15) is 0 Å². The van der Waals surface area contributed by atoms with E-state index in [9.17, 15) is 4.79 Å². The Morgan fingerprint density at radius 2 is 2.06 bits per heavy atom. The number of benzene rings is 1. The third-order valence-corrected chi connectivity index (χ3v) is 3.31. The van der Waals surface area contributed by atoms with Crippen molar-refractivity contribution in [2.45, 2.75) is 26.7 Å². The maximum absolute atomic E-state index is 11.8. The average molecular weight is 255 g/mol. The molecule has 17 heavy (non-hydrogen) atoms. The van der Waals surface area contributed by atoms with Crippen LogP contribution in [0.1, 0.15) is 37.0 Å². The highest BCUT2D eigenvalue weighted by Crippen LogP contribution is 2.19. The van der Waals surface area contributed by atoms with E-state index in [1.807, 2.05) is 0 Å². The van der Waals surface area contributed by atoms with E-state index in [1.165, 1.54) is 0 Å². The molecule has 1 aromatic carbocycles. The number of nitrogens with one attached hydrogen (secondary N) is 1. The second-order valence-electron chi connectivity index (χ2n) is 4.13. The fourth-order valence-corrected chi connectivity index (χ4v) is 1.72. The SMILES string of the molecule is CCC(CC)CNC(=O)c1ccc(Cl)c(N)c1. The maximum atomic E-state index is 11.8. The molecule has 0 aliphatic carbocycles. The van der Waals surface area contributed by atoms with Crippen LogP contribution in [0.2, 0.25) is 5.02 Å². The second-order valence-corrected chi connectivity index (χ2v) is 4.54. The van der Waals surface area contributed by atoms with Crippen LogP contribution in [0, 0.1) is 5.92 Å². The number of carbonyl (C=O) groups is 1. The molecule has 0 spiro atoms. The van der Waals surface area contributed by atoms with Gasteiger partial charge in [0.1, 0.15) is 0 Å². The smallest absolute Gasteiger partial charge is 0.251 e. The van der Waals surface area contributed by atoms with E-state index in [1.54, 1.807) is 18.2 Å². The maximum Gasteiger partial charge on any atom is 0.251 e. The first-order valence-electron chi connectivity index (χ1n) is 5.91. The van der Waals surface area contributed by atoms with Crippen LogP contribution in [0.4, 0.5) is 5.69 Å². The molecule has 1 rings (SSSR count). The number of amides is 1. The molecule has 0 saturated heterocycles. The summed E-state index contributed by atoms with van der Waals surface area (Å²) in [6.45, 7) is 4.95. The molecule has 0 aliphatic heterocycles. The number of hydrogen-bond donors (Lipinski definition) is 2. The van der Waals surface area contributed by atoms with Gasteiger partial charge in [-0.25, -0.2) is 0 Å². The highest BCUT2D eigenvalue weighted by Gasteiger charge is 2.09. The zero-order valence-electron chi connectivity index (χ0n) is 10.3. The summed E-state index contributed by atoms with van der Waals surface area (Å²) in [5.41, 5.74) is 6.64. The quantitative estimate of drug-likeness (QED) is 0.794. The van der Waals surface area contributed by atoms with Crippen LogP contribution in [0.5, 0.6) is 0 Å². The fraction of sp³-hybridized carbons (Fsp3) is 0.462. The normalized spacial score (nSPS) is 10.6. The topological polar surface area (TPSA) is 55.1 Å². The Labute approximate surface area is 107 Å². The molecule has 0 saturated carbocycles. The molecule has 1 aromatic rings. The van der Waals surface area contributed by atoms with E-state index in [4.69, 9.17) is 17.3 Å². The number of rotatable bonds is 5. The summed E-state index contributed by atoms with van der Waals surface area (Å²) in [5.74, 6) is 0.434. The van der Waals surface area contributed by atoms with Crippen molar-refractivity contribution in [1.82, 2.24) is 5.32 Å². The first kappa shape index (κ1) is 13.8. The van der Waals surface area contributed by atoms with Crippen molar-refractivity contribution in [3.63, 3.8) is 0 Å². The van der Waals surface area contributed by atoms with Gasteiger partial charge in [-0.05, 0) is 24.1 Å². The lowest BCUT2D eigenvalue weighted by Gasteiger charge is -2.13. The van der Waals surface area contributed by atoms with Gasteiger partial charge in [0.05, 0.1) is 10.7 Å². The molecular weight excluding hydrogens is 236 g/mol. The van der Waals surface area contributed by atoms with Crippen LogP contribution < -0.4 is 11.1 Å². The van der Waals surface area contributed by atoms with Crippen molar-refractivity contribution < 1.29 is 4.79 Å². The Bertz CT molecular complexity index is 389.